The molecule has 1 amide bonds. The van der Waals surface area contributed by atoms with Crippen LogP contribution in [0.4, 0.5) is 4.39 Å². The van der Waals surface area contributed by atoms with Gasteiger partial charge < -0.3 is 14.2 Å². The number of likely N-dealkylation sites (tertiary alicyclic amines) is 1. The summed E-state index contributed by atoms with van der Waals surface area (Å²) < 4.78 is 21.1. The number of thioether (sulfide) groups is 1. The molecule has 0 spiro atoms. The number of carbonyl (C=O) groups is 1. The van der Waals surface area contributed by atoms with Gasteiger partial charge in [-0.05, 0) is 25.0 Å². The maximum atomic E-state index is 13.6. The molecule has 2 heterocycles. The molecule has 1 aliphatic rings. The first-order chi connectivity index (χ1) is 12.1. The number of nitrogens with zero attached hydrogens (tertiary/aromatic N) is 3. The Hall–Kier alpha value is -2.02. The predicted octanol–water partition coefficient (Wildman–Crippen LogP) is 2.97. The summed E-state index contributed by atoms with van der Waals surface area (Å²) in [6.07, 6.45) is 5.53. The number of carbonyl (C=O) groups excluding carboxylic acids is 1. The maximum Gasteiger partial charge on any atom is 0.233 e. The normalized spacial score (nSPS) is 17.5. The molecular formula is C18H22FN3O2S. The Labute approximate surface area is 151 Å². The van der Waals surface area contributed by atoms with Gasteiger partial charge in [-0.3, -0.25) is 4.79 Å². The van der Waals surface area contributed by atoms with Crippen LogP contribution < -0.4 is 4.74 Å². The first-order valence-electron chi connectivity index (χ1n) is 8.38. The molecule has 0 saturated carbocycles. The molecule has 0 N–H and O–H groups in total. The largest absolute Gasteiger partial charge is 0.490 e. The average molecular weight is 363 g/mol. The molecule has 7 heteroatoms. The van der Waals surface area contributed by atoms with Gasteiger partial charge in [0, 0.05) is 38.4 Å². The molecule has 1 aromatic carbocycles. The molecule has 1 aromatic heterocycles. The molecule has 1 atom stereocenters. The van der Waals surface area contributed by atoms with Gasteiger partial charge in [-0.25, -0.2) is 9.37 Å². The highest BCUT2D eigenvalue weighted by molar-refractivity contribution is 7.99. The first-order valence-corrected chi connectivity index (χ1v) is 9.37. The highest BCUT2D eigenvalue weighted by Gasteiger charge is 2.24. The minimum absolute atomic E-state index is 0.114. The Kier molecular flexibility index (Phi) is 5.96. The lowest BCUT2D eigenvalue weighted by Gasteiger charge is -2.32. The van der Waals surface area contributed by atoms with Crippen molar-refractivity contribution in [2.45, 2.75) is 18.0 Å². The zero-order valence-corrected chi connectivity index (χ0v) is 15.0. The molecule has 1 fully saturated rings. The molecule has 0 radical (unpaired) electrons. The fourth-order valence-corrected chi connectivity index (χ4v) is 3.74. The average Bonchev–Trinajstić information content (AvgIpc) is 3.04. The number of halogens is 1. The molecule has 3 rings (SSSR count). The minimum Gasteiger partial charge on any atom is -0.490 e. The Bertz CT molecular complexity index is 722. The summed E-state index contributed by atoms with van der Waals surface area (Å²) >= 11 is 1.45. The Morgan fingerprint density at radius 1 is 1.44 bits per heavy atom. The lowest BCUT2D eigenvalue weighted by Crippen LogP contribution is -2.42. The lowest BCUT2D eigenvalue weighted by atomic mass is 9.99. The van der Waals surface area contributed by atoms with Crippen molar-refractivity contribution in [1.29, 1.82) is 0 Å². The van der Waals surface area contributed by atoms with Crippen molar-refractivity contribution in [3.05, 3.63) is 42.5 Å². The van der Waals surface area contributed by atoms with E-state index in [0.717, 1.165) is 24.5 Å². The van der Waals surface area contributed by atoms with E-state index in [1.165, 1.54) is 17.8 Å². The number of piperidine rings is 1. The third-order valence-electron chi connectivity index (χ3n) is 4.28. The van der Waals surface area contributed by atoms with Crippen molar-refractivity contribution in [3.8, 4) is 5.75 Å². The van der Waals surface area contributed by atoms with Crippen LogP contribution >= 0.6 is 11.8 Å². The summed E-state index contributed by atoms with van der Waals surface area (Å²) in [7, 11) is 1.91. The van der Waals surface area contributed by atoms with Gasteiger partial charge in [0.05, 0.1) is 12.4 Å². The summed E-state index contributed by atoms with van der Waals surface area (Å²) in [5.74, 6) is 0.652. The van der Waals surface area contributed by atoms with Crippen LogP contribution in [0.2, 0.25) is 0 Å². The molecule has 134 valence electrons. The van der Waals surface area contributed by atoms with Crippen molar-refractivity contribution in [1.82, 2.24) is 14.5 Å². The summed E-state index contributed by atoms with van der Waals surface area (Å²) in [6, 6.07) is 6.41. The van der Waals surface area contributed by atoms with Gasteiger partial charge in [0.1, 0.15) is 0 Å². The Morgan fingerprint density at radius 3 is 3.04 bits per heavy atom. The van der Waals surface area contributed by atoms with E-state index in [2.05, 4.69) is 4.98 Å². The third-order valence-corrected chi connectivity index (χ3v) is 5.33. The lowest BCUT2D eigenvalue weighted by molar-refractivity contribution is -0.130. The number of aryl methyl sites for hydroxylation is 1. The van der Waals surface area contributed by atoms with Crippen LogP contribution in [0, 0.1) is 11.7 Å². The molecule has 2 aromatic rings. The van der Waals surface area contributed by atoms with Gasteiger partial charge in [0.25, 0.3) is 0 Å². The van der Waals surface area contributed by atoms with Crippen LogP contribution in [0.5, 0.6) is 5.75 Å². The van der Waals surface area contributed by atoms with E-state index in [1.54, 1.807) is 24.4 Å². The smallest absolute Gasteiger partial charge is 0.233 e. The fourth-order valence-electron chi connectivity index (χ4n) is 2.91. The highest BCUT2D eigenvalue weighted by Crippen LogP contribution is 2.22. The number of hydrogen-bond acceptors (Lipinski definition) is 4. The molecule has 25 heavy (non-hydrogen) atoms. The van der Waals surface area contributed by atoms with Gasteiger partial charge in [0.2, 0.25) is 5.91 Å². The molecule has 0 aliphatic carbocycles. The van der Waals surface area contributed by atoms with Crippen LogP contribution in [-0.2, 0) is 11.8 Å². The molecular weight excluding hydrogens is 341 g/mol. The van der Waals surface area contributed by atoms with Crippen molar-refractivity contribution in [3.63, 3.8) is 0 Å². The summed E-state index contributed by atoms with van der Waals surface area (Å²) in [5, 5.41) is 0.838. The molecule has 0 bridgehead atoms. The number of ether oxygens (including phenoxy) is 1. The SMILES string of the molecule is Cn1ccnc1SCC(=O)N1CCC[C@H](COc2ccccc2F)C1. The molecule has 5 nitrogen and oxygen atoms in total. The van der Waals surface area contributed by atoms with Crippen molar-refractivity contribution in [2.75, 3.05) is 25.4 Å². The number of imidazole rings is 1. The van der Waals surface area contributed by atoms with Gasteiger partial charge in [-0.1, -0.05) is 23.9 Å². The van der Waals surface area contributed by atoms with Crippen molar-refractivity contribution in [2.24, 2.45) is 13.0 Å². The van der Waals surface area contributed by atoms with E-state index in [-0.39, 0.29) is 23.4 Å². The monoisotopic (exact) mass is 363 g/mol. The second kappa shape index (κ2) is 8.38. The van der Waals surface area contributed by atoms with E-state index in [1.807, 2.05) is 22.7 Å². The maximum absolute atomic E-state index is 13.6. The number of para-hydroxylation sites is 1. The zero-order valence-electron chi connectivity index (χ0n) is 14.2. The van der Waals surface area contributed by atoms with Gasteiger partial charge in [-0.2, -0.15) is 0 Å². The van der Waals surface area contributed by atoms with Gasteiger partial charge in [-0.15, -0.1) is 0 Å². The zero-order chi connectivity index (χ0) is 17.6. The number of hydrogen-bond donors (Lipinski definition) is 0. The van der Waals surface area contributed by atoms with Crippen LogP contribution in [0.3, 0.4) is 0 Å². The third kappa shape index (κ3) is 4.75. The molecule has 0 unspecified atom stereocenters. The minimum atomic E-state index is -0.349. The highest BCUT2D eigenvalue weighted by atomic mass is 32.2. The predicted molar refractivity (Wildman–Crippen MR) is 95.1 cm³/mol. The van der Waals surface area contributed by atoms with Crippen LogP contribution in [0.25, 0.3) is 0 Å². The van der Waals surface area contributed by atoms with Crippen LogP contribution in [0.15, 0.2) is 41.8 Å². The van der Waals surface area contributed by atoms with Crippen molar-refractivity contribution < 1.29 is 13.9 Å². The second-order valence-corrected chi connectivity index (χ2v) is 7.14. The molecule has 1 saturated heterocycles. The Balaban J connectivity index is 1.48. The van der Waals surface area contributed by atoms with E-state index in [0.29, 0.717) is 18.9 Å². The van der Waals surface area contributed by atoms with Crippen LogP contribution in [-0.4, -0.2) is 45.8 Å². The number of amides is 1. The van der Waals surface area contributed by atoms with Gasteiger partial charge in [0.15, 0.2) is 16.7 Å². The van der Waals surface area contributed by atoms with E-state index < -0.39 is 0 Å². The Morgan fingerprint density at radius 2 is 2.28 bits per heavy atom. The number of benzene rings is 1. The van der Waals surface area contributed by atoms with Gasteiger partial charge >= 0.3 is 0 Å². The van der Waals surface area contributed by atoms with Crippen molar-refractivity contribution >= 4 is 17.7 Å². The van der Waals surface area contributed by atoms with E-state index >= 15 is 0 Å². The number of rotatable bonds is 6. The number of aromatic nitrogens is 2. The first kappa shape index (κ1) is 17.8. The quantitative estimate of drug-likeness (QED) is 0.741. The topological polar surface area (TPSA) is 47.4 Å². The summed E-state index contributed by atoms with van der Waals surface area (Å²) in [5.41, 5.74) is 0. The molecule has 1 aliphatic heterocycles. The summed E-state index contributed by atoms with van der Waals surface area (Å²) in [4.78, 5) is 18.5. The fraction of sp³-hybridized carbons (Fsp3) is 0.444. The summed E-state index contributed by atoms with van der Waals surface area (Å²) in [6.45, 7) is 1.86. The van der Waals surface area contributed by atoms with E-state index in [9.17, 15) is 9.18 Å². The standard InChI is InChI=1S/C18H22FN3O2S/c1-21-10-8-20-18(21)25-13-17(23)22-9-4-5-14(11-22)12-24-16-7-3-2-6-15(16)19/h2-3,6-8,10,14H,4-5,9,11-13H2,1H3/t14-/m0/s1. The second-order valence-electron chi connectivity index (χ2n) is 6.20. The van der Waals surface area contributed by atoms with Crippen LogP contribution in [0.1, 0.15) is 12.8 Å². The van der Waals surface area contributed by atoms with E-state index in [4.69, 9.17) is 4.74 Å².